The lowest BCUT2D eigenvalue weighted by Gasteiger charge is -2.31. The van der Waals surface area contributed by atoms with E-state index in [2.05, 4.69) is 5.32 Å². The van der Waals surface area contributed by atoms with Crippen LogP contribution in [0.15, 0.2) is 0 Å². The van der Waals surface area contributed by atoms with E-state index in [0.717, 1.165) is 12.8 Å². The Morgan fingerprint density at radius 3 is 2.36 bits per heavy atom. The Morgan fingerprint density at radius 2 is 1.72 bits per heavy atom. The number of hydrogen-bond donors (Lipinski definition) is 1. The van der Waals surface area contributed by atoms with Gasteiger partial charge < -0.3 is 24.6 Å². The van der Waals surface area contributed by atoms with Gasteiger partial charge in [0.15, 0.2) is 0 Å². The molecule has 8 heteroatoms. The highest BCUT2D eigenvalue weighted by molar-refractivity contribution is 5.92. The summed E-state index contributed by atoms with van der Waals surface area (Å²) < 4.78 is 10.2. The van der Waals surface area contributed by atoms with Gasteiger partial charge in [0.25, 0.3) is 0 Å². The molecule has 2 saturated heterocycles. The van der Waals surface area contributed by atoms with Crippen molar-refractivity contribution >= 4 is 17.9 Å². The number of carbonyl (C=O) groups excluding carboxylic acids is 3. The summed E-state index contributed by atoms with van der Waals surface area (Å²) in [6.07, 6.45) is 1.80. The third-order valence-electron chi connectivity index (χ3n) is 5.13. The van der Waals surface area contributed by atoms with Crippen molar-refractivity contribution < 1.29 is 23.9 Å². The monoisotopic (exact) mass is 353 g/mol. The zero-order valence-corrected chi connectivity index (χ0v) is 14.7. The fraction of sp³-hybridized carbons (Fsp3) is 0.824. The molecule has 3 fully saturated rings. The molecular formula is C17H27N3O5. The summed E-state index contributed by atoms with van der Waals surface area (Å²) in [7, 11) is 0. The Morgan fingerprint density at radius 1 is 1.04 bits per heavy atom. The molecule has 3 aliphatic rings. The molecule has 0 aromatic heterocycles. The van der Waals surface area contributed by atoms with Crippen molar-refractivity contribution in [2.75, 3.05) is 46.0 Å². The minimum Gasteiger partial charge on any atom is -0.450 e. The van der Waals surface area contributed by atoms with Gasteiger partial charge in [0.1, 0.15) is 0 Å². The third kappa shape index (κ3) is 4.42. The van der Waals surface area contributed by atoms with Crippen LogP contribution in [0.2, 0.25) is 0 Å². The van der Waals surface area contributed by atoms with Gasteiger partial charge in [-0.2, -0.15) is 0 Å². The number of rotatable bonds is 4. The topological polar surface area (TPSA) is 88.2 Å². The zero-order chi connectivity index (χ0) is 17.8. The van der Waals surface area contributed by atoms with Crippen LogP contribution in [0.1, 0.15) is 26.2 Å². The SMILES string of the molecule is CCOC(=O)N1CCC(NC(=O)C2CC2C(=O)N2CCOCC2)CC1. The molecule has 0 spiro atoms. The highest BCUT2D eigenvalue weighted by Crippen LogP contribution is 2.40. The van der Waals surface area contributed by atoms with E-state index in [0.29, 0.717) is 52.4 Å². The minimum absolute atomic E-state index is 0.0267. The van der Waals surface area contributed by atoms with Gasteiger partial charge in [0, 0.05) is 32.2 Å². The molecule has 3 amide bonds. The van der Waals surface area contributed by atoms with E-state index in [1.54, 1.807) is 16.7 Å². The predicted octanol–water partition coefficient (Wildman–Crippen LogP) is 0.218. The highest BCUT2D eigenvalue weighted by Gasteiger charge is 2.50. The number of carbonyl (C=O) groups is 3. The van der Waals surface area contributed by atoms with Crippen LogP contribution in [0.5, 0.6) is 0 Å². The molecule has 2 atom stereocenters. The summed E-state index contributed by atoms with van der Waals surface area (Å²) in [6.45, 7) is 5.73. The average molecular weight is 353 g/mol. The van der Waals surface area contributed by atoms with Crippen LogP contribution >= 0.6 is 0 Å². The summed E-state index contributed by atoms with van der Waals surface area (Å²) in [5.74, 6) is -0.307. The van der Waals surface area contributed by atoms with Gasteiger partial charge >= 0.3 is 6.09 Å². The molecule has 0 aromatic carbocycles. The second-order valence-electron chi connectivity index (χ2n) is 6.86. The first-order valence-corrected chi connectivity index (χ1v) is 9.18. The smallest absolute Gasteiger partial charge is 0.409 e. The quantitative estimate of drug-likeness (QED) is 0.781. The van der Waals surface area contributed by atoms with Crippen molar-refractivity contribution in [1.82, 2.24) is 15.1 Å². The highest BCUT2D eigenvalue weighted by atomic mass is 16.6. The first-order valence-electron chi connectivity index (χ1n) is 9.18. The van der Waals surface area contributed by atoms with Gasteiger partial charge in [-0.25, -0.2) is 4.79 Å². The maximum Gasteiger partial charge on any atom is 0.409 e. The average Bonchev–Trinajstić information content (AvgIpc) is 3.43. The summed E-state index contributed by atoms with van der Waals surface area (Å²) in [5, 5.41) is 3.05. The molecule has 0 aromatic rings. The number of amides is 3. The Bertz CT molecular complexity index is 512. The number of nitrogens with one attached hydrogen (secondary N) is 1. The van der Waals surface area contributed by atoms with Gasteiger partial charge in [-0.15, -0.1) is 0 Å². The fourth-order valence-electron chi connectivity index (χ4n) is 3.51. The van der Waals surface area contributed by atoms with Crippen molar-refractivity contribution in [3.05, 3.63) is 0 Å². The van der Waals surface area contributed by atoms with Crippen molar-refractivity contribution in [3.63, 3.8) is 0 Å². The summed E-state index contributed by atoms with van der Waals surface area (Å²) >= 11 is 0. The van der Waals surface area contributed by atoms with E-state index in [-0.39, 0.29) is 35.8 Å². The number of morpholine rings is 1. The first kappa shape index (κ1) is 18.0. The molecule has 2 unspecified atom stereocenters. The first-order chi connectivity index (χ1) is 12.1. The summed E-state index contributed by atoms with van der Waals surface area (Å²) in [5.41, 5.74) is 0. The van der Waals surface area contributed by atoms with Crippen LogP contribution in [0.25, 0.3) is 0 Å². The maximum absolute atomic E-state index is 12.4. The molecule has 0 radical (unpaired) electrons. The van der Waals surface area contributed by atoms with Gasteiger partial charge in [-0.3, -0.25) is 9.59 Å². The van der Waals surface area contributed by atoms with E-state index >= 15 is 0 Å². The van der Waals surface area contributed by atoms with Crippen molar-refractivity contribution in [2.24, 2.45) is 11.8 Å². The van der Waals surface area contributed by atoms with E-state index in [1.807, 2.05) is 0 Å². The van der Waals surface area contributed by atoms with Gasteiger partial charge in [0.05, 0.1) is 31.7 Å². The number of likely N-dealkylation sites (tertiary alicyclic amines) is 1. The standard InChI is InChI=1S/C17H27N3O5/c1-2-25-17(23)20-5-3-12(4-6-20)18-15(21)13-11-14(13)16(22)19-7-9-24-10-8-19/h12-14H,2-11H2,1H3,(H,18,21). The lowest BCUT2D eigenvalue weighted by atomic mass is 10.0. The molecule has 8 nitrogen and oxygen atoms in total. The minimum atomic E-state index is -0.286. The van der Waals surface area contributed by atoms with Gasteiger partial charge in [-0.1, -0.05) is 0 Å². The molecule has 1 saturated carbocycles. The summed E-state index contributed by atoms with van der Waals surface area (Å²) in [6, 6.07) is 0.0675. The molecule has 2 heterocycles. The Balaban J connectivity index is 1.39. The van der Waals surface area contributed by atoms with E-state index in [9.17, 15) is 14.4 Å². The van der Waals surface area contributed by atoms with Crippen molar-refractivity contribution in [2.45, 2.75) is 32.2 Å². The molecule has 1 aliphatic carbocycles. The van der Waals surface area contributed by atoms with Crippen molar-refractivity contribution in [3.8, 4) is 0 Å². The zero-order valence-electron chi connectivity index (χ0n) is 14.7. The molecule has 3 rings (SSSR count). The van der Waals surface area contributed by atoms with E-state index in [4.69, 9.17) is 9.47 Å². The molecule has 1 N–H and O–H groups in total. The predicted molar refractivity (Wildman–Crippen MR) is 88.8 cm³/mol. The maximum atomic E-state index is 12.4. The fourth-order valence-corrected chi connectivity index (χ4v) is 3.51. The Hall–Kier alpha value is -1.83. The summed E-state index contributed by atoms with van der Waals surface area (Å²) in [4.78, 5) is 39.9. The second-order valence-corrected chi connectivity index (χ2v) is 6.86. The molecule has 25 heavy (non-hydrogen) atoms. The van der Waals surface area contributed by atoms with Crippen LogP contribution in [0.4, 0.5) is 4.79 Å². The molecular weight excluding hydrogens is 326 g/mol. The lowest BCUT2D eigenvalue weighted by molar-refractivity contribution is -0.138. The van der Waals surface area contributed by atoms with Crippen molar-refractivity contribution in [1.29, 1.82) is 0 Å². The van der Waals surface area contributed by atoms with Crippen LogP contribution in [-0.2, 0) is 19.1 Å². The normalized spacial score (nSPS) is 26.9. The van der Waals surface area contributed by atoms with Crippen LogP contribution in [0, 0.1) is 11.8 Å². The van der Waals surface area contributed by atoms with Crippen LogP contribution < -0.4 is 5.32 Å². The van der Waals surface area contributed by atoms with Crippen LogP contribution in [0.3, 0.4) is 0 Å². The third-order valence-corrected chi connectivity index (χ3v) is 5.13. The number of ether oxygens (including phenoxy) is 2. The number of nitrogens with zero attached hydrogens (tertiary/aromatic N) is 2. The molecule has 2 aliphatic heterocycles. The van der Waals surface area contributed by atoms with E-state index in [1.165, 1.54) is 0 Å². The van der Waals surface area contributed by atoms with Gasteiger partial charge in [0.2, 0.25) is 11.8 Å². The Labute approximate surface area is 147 Å². The molecule has 0 bridgehead atoms. The number of hydrogen-bond acceptors (Lipinski definition) is 5. The lowest BCUT2D eigenvalue weighted by Crippen LogP contribution is -2.47. The number of piperidine rings is 1. The largest absolute Gasteiger partial charge is 0.450 e. The molecule has 140 valence electrons. The Kier molecular flexibility index (Phi) is 5.78. The second kappa shape index (κ2) is 8.03. The van der Waals surface area contributed by atoms with Crippen LogP contribution in [-0.4, -0.2) is 79.7 Å². The van der Waals surface area contributed by atoms with E-state index < -0.39 is 0 Å². The van der Waals surface area contributed by atoms with Gasteiger partial charge in [-0.05, 0) is 26.2 Å².